The third kappa shape index (κ3) is 3.27. The molecule has 25 heavy (non-hydrogen) atoms. The van der Waals surface area contributed by atoms with Gasteiger partial charge in [0.05, 0.1) is 0 Å². The van der Waals surface area contributed by atoms with Crippen LogP contribution in [-0.4, -0.2) is 32.9 Å². The van der Waals surface area contributed by atoms with Gasteiger partial charge in [-0.15, -0.1) is 5.10 Å². The van der Waals surface area contributed by atoms with Gasteiger partial charge in [0, 0.05) is 18.2 Å². The highest BCUT2D eigenvalue weighted by atomic mass is 16.7. The molecule has 0 bridgehead atoms. The van der Waals surface area contributed by atoms with Crippen LogP contribution in [0.25, 0.3) is 0 Å². The number of ether oxygens (including phenoxy) is 2. The molecule has 1 N–H and O–H groups in total. The van der Waals surface area contributed by atoms with Crippen LogP contribution in [0.2, 0.25) is 0 Å². The van der Waals surface area contributed by atoms with Crippen LogP contribution in [0.15, 0.2) is 54.9 Å². The van der Waals surface area contributed by atoms with E-state index in [1.807, 2.05) is 30.3 Å². The van der Waals surface area contributed by atoms with E-state index in [0.29, 0.717) is 23.6 Å². The molecule has 0 radical (unpaired) electrons. The lowest BCUT2D eigenvalue weighted by atomic mass is 10.1. The van der Waals surface area contributed by atoms with Gasteiger partial charge in [0.15, 0.2) is 11.5 Å². The van der Waals surface area contributed by atoms with Crippen LogP contribution in [0.1, 0.15) is 11.6 Å². The molecule has 4 rings (SSSR count). The van der Waals surface area contributed by atoms with Gasteiger partial charge in [-0.1, -0.05) is 30.3 Å². The SMILES string of the molecule is O=C(Nc1ccc2c(c1)OCO2)C(Cc1ccccc1)n1cnnn1. The Morgan fingerprint density at radius 2 is 2.00 bits per heavy atom. The van der Waals surface area contributed by atoms with Gasteiger partial charge in [0.1, 0.15) is 12.4 Å². The van der Waals surface area contributed by atoms with E-state index in [-0.39, 0.29) is 12.7 Å². The summed E-state index contributed by atoms with van der Waals surface area (Å²) in [4.78, 5) is 12.8. The Hall–Kier alpha value is -3.42. The Morgan fingerprint density at radius 1 is 1.16 bits per heavy atom. The summed E-state index contributed by atoms with van der Waals surface area (Å²) in [6.07, 6.45) is 1.91. The zero-order valence-corrected chi connectivity index (χ0v) is 13.2. The van der Waals surface area contributed by atoms with Crippen LogP contribution < -0.4 is 14.8 Å². The van der Waals surface area contributed by atoms with Crippen molar-refractivity contribution in [2.75, 3.05) is 12.1 Å². The highest BCUT2D eigenvalue weighted by Crippen LogP contribution is 2.34. The summed E-state index contributed by atoms with van der Waals surface area (Å²) in [5.41, 5.74) is 1.64. The zero-order valence-electron chi connectivity index (χ0n) is 13.2. The Morgan fingerprint density at radius 3 is 2.80 bits per heavy atom. The van der Waals surface area contributed by atoms with Crippen molar-refractivity contribution >= 4 is 11.6 Å². The van der Waals surface area contributed by atoms with Crippen molar-refractivity contribution in [1.82, 2.24) is 20.2 Å². The van der Waals surface area contributed by atoms with Gasteiger partial charge in [-0.05, 0) is 28.1 Å². The van der Waals surface area contributed by atoms with Gasteiger partial charge in [0.2, 0.25) is 12.7 Å². The highest BCUT2D eigenvalue weighted by Gasteiger charge is 2.23. The van der Waals surface area contributed by atoms with E-state index in [1.54, 1.807) is 18.2 Å². The number of fused-ring (bicyclic) bond motifs is 1. The summed E-state index contributed by atoms with van der Waals surface area (Å²) >= 11 is 0. The normalized spacial score (nSPS) is 13.4. The van der Waals surface area contributed by atoms with Gasteiger partial charge in [-0.2, -0.15) is 0 Å². The fourth-order valence-corrected chi connectivity index (χ4v) is 2.65. The summed E-state index contributed by atoms with van der Waals surface area (Å²) in [7, 11) is 0. The summed E-state index contributed by atoms with van der Waals surface area (Å²) in [6, 6.07) is 14.4. The molecule has 1 atom stereocenters. The summed E-state index contributed by atoms with van der Waals surface area (Å²) in [5, 5.41) is 14.0. The quantitative estimate of drug-likeness (QED) is 0.764. The smallest absolute Gasteiger partial charge is 0.249 e. The fraction of sp³-hybridized carbons (Fsp3) is 0.176. The molecule has 1 aliphatic heterocycles. The number of hydrogen-bond donors (Lipinski definition) is 1. The van der Waals surface area contributed by atoms with E-state index in [0.717, 1.165) is 5.56 Å². The predicted octanol–water partition coefficient (Wildman–Crippen LogP) is 1.82. The number of carbonyl (C=O) groups excluding carboxylic acids is 1. The first-order valence-corrected chi connectivity index (χ1v) is 7.76. The number of hydrogen-bond acceptors (Lipinski definition) is 6. The summed E-state index contributed by atoms with van der Waals surface area (Å²) in [6.45, 7) is 0.188. The van der Waals surface area contributed by atoms with Crippen molar-refractivity contribution in [3.05, 3.63) is 60.4 Å². The Labute approximate surface area is 143 Å². The van der Waals surface area contributed by atoms with E-state index in [4.69, 9.17) is 9.47 Å². The summed E-state index contributed by atoms with van der Waals surface area (Å²) < 4.78 is 12.1. The van der Waals surface area contributed by atoms with E-state index in [1.165, 1.54) is 11.0 Å². The standard InChI is InChI=1S/C17H15N5O3/c23-17(19-13-6-7-15-16(9-13)25-11-24-15)14(22-10-18-20-21-22)8-12-4-2-1-3-5-12/h1-7,9-10,14H,8,11H2,(H,19,23). The minimum Gasteiger partial charge on any atom is -0.454 e. The Balaban J connectivity index is 1.55. The molecular weight excluding hydrogens is 322 g/mol. The first-order chi connectivity index (χ1) is 12.3. The Kier molecular flexibility index (Phi) is 3.99. The van der Waals surface area contributed by atoms with Crippen LogP contribution in [-0.2, 0) is 11.2 Å². The predicted molar refractivity (Wildman–Crippen MR) is 88.2 cm³/mol. The van der Waals surface area contributed by atoms with E-state index < -0.39 is 6.04 Å². The first-order valence-electron chi connectivity index (χ1n) is 7.76. The monoisotopic (exact) mass is 337 g/mol. The second-order valence-electron chi connectivity index (χ2n) is 5.55. The number of aromatic nitrogens is 4. The molecular formula is C17H15N5O3. The maximum Gasteiger partial charge on any atom is 0.249 e. The molecule has 0 saturated carbocycles. The van der Waals surface area contributed by atoms with E-state index >= 15 is 0 Å². The number of rotatable bonds is 5. The van der Waals surface area contributed by atoms with Crippen LogP contribution in [0.4, 0.5) is 5.69 Å². The number of tetrazole rings is 1. The van der Waals surface area contributed by atoms with Crippen LogP contribution in [0.5, 0.6) is 11.5 Å². The van der Waals surface area contributed by atoms with Gasteiger partial charge in [0.25, 0.3) is 0 Å². The van der Waals surface area contributed by atoms with Crippen molar-refractivity contribution in [3.8, 4) is 11.5 Å². The molecule has 1 unspecified atom stereocenters. The van der Waals surface area contributed by atoms with Gasteiger partial charge >= 0.3 is 0 Å². The van der Waals surface area contributed by atoms with Gasteiger partial charge < -0.3 is 14.8 Å². The summed E-state index contributed by atoms with van der Waals surface area (Å²) in [5.74, 6) is 1.06. The molecule has 1 aromatic heterocycles. The average Bonchev–Trinajstić information content (AvgIpc) is 3.31. The van der Waals surface area contributed by atoms with Gasteiger partial charge in [-0.3, -0.25) is 4.79 Å². The molecule has 8 nitrogen and oxygen atoms in total. The number of nitrogens with zero attached hydrogens (tertiary/aromatic N) is 4. The first kappa shape index (κ1) is 15.1. The van der Waals surface area contributed by atoms with Crippen molar-refractivity contribution in [1.29, 1.82) is 0 Å². The highest BCUT2D eigenvalue weighted by molar-refractivity contribution is 5.94. The molecule has 3 aromatic rings. The maximum absolute atomic E-state index is 12.8. The lowest BCUT2D eigenvalue weighted by molar-refractivity contribution is -0.119. The van der Waals surface area contributed by atoms with Crippen molar-refractivity contribution in [2.24, 2.45) is 0 Å². The molecule has 0 spiro atoms. The minimum atomic E-state index is -0.567. The third-order valence-electron chi connectivity index (χ3n) is 3.90. The molecule has 0 saturated heterocycles. The molecule has 8 heteroatoms. The molecule has 126 valence electrons. The number of benzene rings is 2. The van der Waals surface area contributed by atoms with Crippen molar-refractivity contribution < 1.29 is 14.3 Å². The van der Waals surface area contributed by atoms with Crippen LogP contribution >= 0.6 is 0 Å². The Bertz CT molecular complexity index is 867. The lowest BCUT2D eigenvalue weighted by Crippen LogP contribution is -2.28. The third-order valence-corrected chi connectivity index (χ3v) is 3.90. The number of nitrogens with one attached hydrogen (secondary N) is 1. The number of carbonyl (C=O) groups is 1. The molecule has 0 aliphatic carbocycles. The minimum absolute atomic E-state index is 0.188. The van der Waals surface area contributed by atoms with Crippen molar-refractivity contribution in [2.45, 2.75) is 12.5 Å². The largest absolute Gasteiger partial charge is 0.454 e. The van der Waals surface area contributed by atoms with Crippen LogP contribution in [0, 0.1) is 0 Å². The van der Waals surface area contributed by atoms with Crippen LogP contribution in [0.3, 0.4) is 0 Å². The molecule has 0 fully saturated rings. The number of amides is 1. The topological polar surface area (TPSA) is 91.2 Å². The van der Waals surface area contributed by atoms with E-state index in [9.17, 15) is 4.79 Å². The molecule has 1 aliphatic rings. The average molecular weight is 337 g/mol. The van der Waals surface area contributed by atoms with Gasteiger partial charge in [-0.25, -0.2) is 4.68 Å². The fourth-order valence-electron chi connectivity index (χ4n) is 2.65. The molecule has 2 aromatic carbocycles. The van der Waals surface area contributed by atoms with E-state index in [2.05, 4.69) is 20.8 Å². The number of anilines is 1. The van der Waals surface area contributed by atoms with Crippen molar-refractivity contribution in [3.63, 3.8) is 0 Å². The zero-order chi connectivity index (χ0) is 17.1. The second-order valence-corrected chi connectivity index (χ2v) is 5.55. The molecule has 1 amide bonds. The molecule has 2 heterocycles. The lowest BCUT2D eigenvalue weighted by Gasteiger charge is -2.16. The maximum atomic E-state index is 12.8. The second kappa shape index (κ2) is 6.60.